The Morgan fingerprint density at radius 2 is 0.505 bits per heavy atom. The molecule has 6 atom stereocenters. The zero-order valence-electron chi connectivity index (χ0n) is 62.3. The normalized spacial score (nSPS) is 14.4. The van der Waals surface area contributed by atoms with E-state index in [1.807, 2.05) is 0 Å². The molecule has 0 aromatic heterocycles. The van der Waals surface area contributed by atoms with Crippen molar-refractivity contribution in [3.63, 3.8) is 0 Å². The number of ether oxygens (including phenoxy) is 4. The van der Waals surface area contributed by atoms with Crippen molar-refractivity contribution < 1.29 is 80.2 Å². The van der Waals surface area contributed by atoms with Crippen molar-refractivity contribution in [3.05, 3.63) is 0 Å². The highest BCUT2D eigenvalue weighted by Gasteiger charge is 2.30. The van der Waals surface area contributed by atoms with Crippen LogP contribution in [0.25, 0.3) is 0 Å². The number of carbonyl (C=O) groups is 4. The molecule has 0 amide bonds. The maximum Gasteiger partial charge on any atom is 0.472 e. The van der Waals surface area contributed by atoms with E-state index in [0.29, 0.717) is 31.6 Å². The minimum atomic E-state index is -4.96. The minimum absolute atomic E-state index is 0.106. The SMILES string of the molecule is CCC(C)CCCCCCCCCCCCCCCCC(=O)O[C@H](COC(=O)CCCCCCCCC(C)C)COP(=O)(O)OC[C@H](O)COP(=O)(O)OC[C@@H](COC(=O)CCCCCCCCCCC(C)C)OC(=O)CCCCCCCCCCCCCCCCC(C)C. The van der Waals surface area contributed by atoms with E-state index in [0.717, 1.165) is 114 Å². The van der Waals surface area contributed by atoms with Crippen LogP contribution < -0.4 is 0 Å². The Balaban J connectivity index is 5.21. The molecule has 564 valence electrons. The molecular weight excluding hydrogens is 1250 g/mol. The van der Waals surface area contributed by atoms with Crippen molar-refractivity contribution in [3.8, 4) is 0 Å². The van der Waals surface area contributed by atoms with E-state index < -0.39 is 97.5 Å². The molecule has 0 saturated heterocycles. The van der Waals surface area contributed by atoms with Gasteiger partial charge in [0, 0.05) is 25.7 Å². The molecule has 0 aromatic carbocycles. The second-order valence-corrected chi connectivity index (χ2v) is 32.0. The fourth-order valence-corrected chi connectivity index (χ4v) is 13.1. The van der Waals surface area contributed by atoms with Gasteiger partial charge >= 0.3 is 39.5 Å². The van der Waals surface area contributed by atoms with Gasteiger partial charge in [0.2, 0.25) is 0 Å². The summed E-state index contributed by atoms with van der Waals surface area (Å²) in [5.74, 6) is 0.923. The van der Waals surface area contributed by atoms with Crippen LogP contribution >= 0.6 is 15.6 Å². The highest BCUT2D eigenvalue weighted by Crippen LogP contribution is 2.45. The van der Waals surface area contributed by atoms with Gasteiger partial charge in [0.05, 0.1) is 26.4 Å². The van der Waals surface area contributed by atoms with Crippen molar-refractivity contribution in [2.24, 2.45) is 23.7 Å². The first-order valence-corrected chi connectivity index (χ1v) is 42.2. The van der Waals surface area contributed by atoms with Gasteiger partial charge in [0.15, 0.2) is 12.2 Å². The average molecular weight is 1400 g/mol. The summed E-state index contributed by atoms with van der Waals surface area (Å²) < 4.78 is 68.5. The van der Waals surface area contributed by atoms with Crippen LogP contribution in [0.4, 0.5) is 0 Å². The van der Waals surface area contributed by atoms with Crippen molar-refractivity contribution in [2.75, 3.05) is 39.6 Å². The van der Waals surface area contributed by atoms with Gasteiger partial charge in [-0.05, 0) is 49.4 Å². The monoisotopic (exact) mass is 1400 g/mol. The van der Waals surface area contributed by atoms with Crippen molar-refractivity contribution in [1.29, 1.82) is 0 Å². The van der Waals surface area contributed by atoms with E-state index in [2.05, 4.69) is 55.4 Å². The summed E-state index contributed by atoms with van der Waals surface area (Å²) in [6.45, 7) is 14.2. The lowest BCUT2D eigenvalue weighted by atomic mass is 9.99. The topological polar surface area (TPSA) is 237 Å². The standard InChI is InChI=1S/C76H148O17P2/c1-9-69(8)55-47-39-30-23-19-15-11-13-17-21-25-33-43-51-59-76(81)93-72(63-87-74(79)57-49-41-35-34-38-46-54-68(6)7)65-91-95(84,85)89-61-70(77)60-88-94(82,83)90-64-71(62-86-73(78)56-48-40-31-27-26-29-37-45-53-67(4)5)92-75(80)58-50-42-32-24-20-16-12-10-14-18-22-28-36-44-52-66(2)3/h66-72,77H,9-65H2,1-8H3,(H,82,83)(H,84,85)/t69?,70-,71-,72-/m1/s1. The summed E-state index contributed by atoms with van der Waals surface area (Å²) in [4.78, 5) is 72.8. The van der Waals surface area contributed by atoms with Crippen LogP contribution in [-0.4, -0.2) is 96.7 Å². The lowest BCUT2D eigenvalue weighted by Gasteiger charge is -2.21. The van der Waals surface area contributed by atoms with E-state index in [4.69, 9.17) is 37.0 Å². The van der Waals surface area contributed by atoms with Gasteiger partial charge in [-0.25, -0.2) is 9.13 Å². The number of carbonyl (C=O) groups excluding carboxylic acids is 4. The van der Waals surface area contributed by atoms with Gasteiger partial charge < -0.3 is 33.8 Å². The highest BCUT2D eigenvalue weighted by atomic mass is 31.2. The van der Waals surface area contributed by atoms with Crippen LogP contribution in [0, 0.1) is 23.7 Å². The molecule has 3 unspecified atom stereocenters. The Morgan fingerprint density at radius 3 is 0.747 bits per heavy atom. The zero-order chi connectivity index (χ0) is 70.3. The van der Waals surface area contributed by atoms with Crippen molar-refractivity contribution >= 4 is 39.5 Å². The Hall–Kier alpha value is -1.94. The molecule has 0 aliphatic rings. The first-order chi connectivity index (χ1) is 45.6. The fraction of sp³-hybridized carbons (Fsp3) is 0.947. The maximum absolute atomic E-state index is 13.1. The number of rotatable bonds is 73. The van der Waals surface area contributed by atoms with Gasteiger partial charge in [-0.2, -0.15) is 0 Å². The average Bonchev–Trinajstić information content (AvgIpc) is 1.45. The molecule has 0 radical (unpaired) electrons. The molecule has 0 fully saturated rings. The molecule has 0 rings (SSSR count). The Bertz CT molecular complexity index is 1870. The molecule has 0 aliphatic carbocycles. The van der Waals surface area contributed by atoms with E-state index >= 15 is 0 Å². The van der Waals surface area contributed by atoms with Gasteiger partial charge in [0.1, 0.15) is 19.3 Å². The summed E-state index contributed by atoms with van der Waals surface area (Å²) in [6.07, 6.45) is 50.1. The molecule has 0 bridgehead atoms. The Morgan fingerprint density at radius 1 is 0.295 bits per heavy atom. The number of aliphatic hydroxyl groups is 1. The molecule has 0 aliphatic heterocycles. The molecule has 17 nitrogen and oxygen atoms in total. The van der Waals surface area contributed by atoms with Crippen LogP contribution in [0.3, 0.4) is 0 Å². The number of phosphoric ester groups is 2. The van der Waals surface area contributed by atoms with Gasteiger partial charge in [-0.1, -0.05) is 331 Å². The van der Waals surface area contributed by atoms with Crippen molar-refractivity contribution in [2.45, 2.75) is 401 Å². The van der Waals surface area contributed by atoms with E-state index in [-0.39, 0.29) is 25.7 Å². The second-order valence-electron chi connectivity index (χ2n) is 29.1. The predicted octanol–water partition coefficient (Wildman–Crippen LogP) is 22.0. The molecule has 3 N–H and O–H groups in total. The number of hydrogen-bond acceptors (Lipinski definition) is 15. The van der Waals surface area contributed by atoms with Gasteiger partial charge in [-0.3, -0.25) is 37.3 Å². The maximum atomic E-state index is 13.1. The second kappa shape index (κ2) is 65.4. The van der Waals surface area contributed by atoms with E-state index in [1.165, 1.54) is 180 Å². The number of aliphatic hydroxyl groups excluding tert-OH is 1. The number of unbranched alkanes of at least 4 members (excludes halogenated alkanes) is 38. The van der Waals surface area contributed by atoms with Crippen LogP contribution in [0.2, 0.25) is 0 Å². The predicted molar refractivity (Wildman–Crippen MR) is 386 cm³/mol. The Kier molecular flexibility index (Phi) is 64.0. The number of hydrogen-bond donors (Lipinski definition) is 3. The summed E-state index contributed by atoms with van der Waals surface area (Å²) in [6, 6.07) is 0. The quantitative estimate of drug-likeness (QED) is 0.0222. The molecular formula is C76H148O17P2. The highest BCUT2D eigenvalue weighted by molar-refractivity contribution is 7.47. The minimum Gasteiger partial charge on any atom is -0.462 e. The first-order valence-electron chi connectivity index (χ1n) is 39.2. The molecule has 0 saturated carbocycles. The summed E-state index contributed by atoms with van der Waals surface area (Å²) >= 11 is 0. The van der Waals surface area contributed by atoms with Gasteiger partial charge in [-0.15, -0.1) is 0 Å². The van der Waals surface area contributed by atoms with E-state index in [9.17, 15) is 43.2 Å². The molecule has 0 aromatic rings. The molecule has 95 heavy (non-hydrogen) atoms. The smallest absolute Gasteiger partial charge is 0.462 e. The van der Waals surface area contributed by atoms with Crippen molar-refractivity contribution in [1.82, 2.24) is 0 Å². The summed E-state index contributed by atoms with van der Waals surface area (Å²) in [7, 11) is -9.91. The van der Waals surface area contributed by atoms with Gasteiger partial charge in [0.25, 0.3) is 0 Å². The number of esters is 4. The van der Waals surface area contributed by atoms with E-state index in [1.54, 1.807) is 0 Å². The molecule has 0 heterocycles. The third-order valence-corrected chi connectivity index (χ3v) is 19.8. The summed E-state index contributed by atoms with van der Waals surface area (Å²) in [5, 5.41) is 10.6. The Labute approximate surface area is 581 Å². The lowest BCUT2D eigenvalue weighted by Crippen LogP contribution is -2.30. The van der Waals surface area contributed by atoms with Crippen LogP contribution in [0.5, 0.6) is 0 Å². The molecule has 0 spiro atoms. The van der Waals surface area contributed by atoms with Crippen LogP contribution in [0.15, 0.2) is 0 Å². The number of phosphoric acid groups is 2. The third kappa shape index (κ3) is 69.0. The third-order valence-electron chi connectivity index (χ3n) is 17.9. The molecule has 19 heteroatoms. The van der Waals surface area contributed by atoms with Crippen LogP contribution in [0.1, 0.15) is 383 Å². The van der Waals surface area contributed by atoms with Crippen LogP contribution in [-0.2, 0) is 65.4 Å². The zero-order valence-corrected chi connectivity index (χ0v) is 64.1. The first kappa shape index (κ1) is 93.1. The fourth-order valence-electron chi connectivity index (χ4n) is 11.5. The summed E-state index contributed by atoms with van der Waals surface area (Å²) in [5.41, 5.74) is 0. The lowest BCUT2D eigenvalue weighted by molar-refractivity contribution is -0.161. The largest absolute Gasteiger partial charge is 0.472 e.